The summed E-state index contributed by atoms with van der Waals surface area (Å²) in [4.78, 5) is 29.4. The van der Waals surface area contributed by atoms with Crippen molar-refractivity contribution in [3.05, 3.63) is 12.2 Å². The van der Waals surface area contributed by atoms with Crippen molar-refractivity contribution in [1.82, 2.24) is 0 Å². The van der Waals surface area contributed by atoms with Gasteiger partial charge in [-0.2, -0.15) is 0 Å². The number of allylic oxidation sites excluding steroid dienone is 1. The Morgan fingerprint density at radius 1 is 1.15 bits per heavy atom. The van der Waals surface area contributed by atoms with Gasteiger partial charge in [0.1, 0.15) is 11.6 Å². The minimum Gasteiger partial charge on any atom is -0.478 e. The Morgan fingerprint density at radius 3 is 1.77 bits per heavy atom. The van der Waals surface area contributed by atoms with Gasteiger partial charge in [-0.15, -0.1) is 0 Å². The lowest BCUT2D eigenvalue weighted by atomic mass is 10.3. The molecular weight excluding hydrogens is 172 g/mol. The van der Waals surface area contributed by atoms with Crippen LogP contribution >= 0.6 is 0 Å². The number of ketones is 2. The van der Waals surface area contributed by atoms with E-state index in [1.807, 2.05) is 0 Å². The fourth-order valence-electron chi connectivity index (χ4n) is 0.326. The summed E-state index contributed by atoms with van der Waals surface area (Å²) in [5, 5.41) is 8.03. The van der Waals surface area contributed by atoms with Crippen LogP contribution in [0, 0.1) is 0 Å². The Labute approximate surface area is 77.3 Å². The molecule has 0 radical (unpaired) electrons. The Hall–Kier alpha value is -1.45. The summed E-state index contributed by atoms with van der Waals surface area (Å²) >= 11 is 0. The van der Waals surface area contributed by atoms with Crippen LogP contribution in [0.2, 0.25) is 0 Å². The SMILES string of the molecule is CC(=O)CC=CC(=O)O.CC(C)=O. The minimum absolute atomic E-state index is 0.0347. The number of carbonyl (C=O) groups excluding carboxylic acids is 2. The zero-order chi connectivity index (χ0) is 10.9. The maximum Gasteiger partial charge on any atom is 0.327 e. The quantitative estimate of drug-likeness (QED) is 0.672. The molecule has 0 aliphatic heterocycles. The predicted octanol–water partition coefficient (Wildman–Crippen LogP) is 1.20. The van der Waals surface area contributed by atoms with E-state index in [9.17, 15) is 14.4 Å². The molecule has 0 spiro atoms. The van der Waals surface area contributed by atoms with Gasteiger partial charge < -0.3 is 9.90 Å². The zero-order valence-corrected chi connectivity index (χ0v) is 8.03. The summed E-state index contributed by atoms with van der Waals surface area (Å²) < 4.78 is 0. The van der Waals surface area contributed by atoms with Crippen LogP contribution in [0.5, 0.6) is 0 Å². The lowest BCUT2D eigenvalue weighted by molar-refractivity contribution is -0.131. The molecule has 0 amide bonds. The second kappa shape index (κ2) is 8.64. The van der Waals surface area contributed by atoms with Crippen LogP contribution in [0.4, 0.5) is 0 Å². The van der Waals surface area contributed by atoms with E-state index in [1.54, 1.807) is 0 Å². The summed E-state index contributed by atoms with van der Waals surface area (Å²) in [6.45, 7) is 4.46. The fraction of sp³-hybridized carbons (Fsp3) is 0.444. The molecule has 0 saturated carbocycles. The number of hydrogen-bond acceptors (Lipinski definition) is 3. The molecule has 0 aliphatic rings. The monoisotopic (exact) mass is 186 g/mol. The summed E-state index contributed by atoms with van der Waals surface area (Å²) in [6, 6.07) is 0. The predicted molar refractivity (Wildman–Crippen MR) is 48.4 cm³/mol. The number of carboxylic acid groups (broad SMARTS) is 1. The molecule has 1 N–H and O–H groups in total. The highest BCUT2D eigenvalue weighted by molar-refractivity contribution is 5.82. The van der Waals surface area contributed by atoms with Crippen molar-refractivity contribution >= 4 is 17.5 Å². The van der Waals surface area contributed by atoms with Gasteiger partial charge in [0.2, 0.25) is 0 Å². The average Bonchev–Trinajstić information content (AvgIpc) is 1.83. The molecule has 0 saturated heterocycles. The molecule has 0 bridgehead atoms. The van der Waals surface area contributed by atoms with E-state index in [2.05, 4.69) is 0 Å². The summed E-state index contributed by atoms with van der Waals surface area (Å²) in [5.41, 5.74) is 0. The van der Waals surface area contributed by atoms with Gasteiger partial charge in [-0.25, -0.2) is 4.79 Å². The van der Waals surface area contributed by atoms with Crippen LogP contribution < -0.4 is 0 Å². The van der Waals surface area contributed by atoms with Crippen molar-refractivity contribution in [2.45, 2.75) is 27.2 Å². The van der Waals surface area contributed by atoms with E-state index >= 15 is 0 Å². The lowest BCUT2D eigenvalue weighted by Gasteiger charge is -1.80. The average molecular weight is 186 g/mol. The van der Waals surface area contributed by atoms with Crippen molar-refractivity contribution in [3.63, 3.8) is 0 Å². The first kappa shape index (κ1) is 14.1. The Morgan fingerprint density at radius 2 is 1.54 bits per heavy atom. The third-order valence-corrected chi connectivity index (χ3v) is 0.666. The molecule has 0 atom stereocenters. The number of carbonyl (C=O) groups is 3. The Kier molecular flexibility index (Phi) is 9.37. The van der Waals surface area contributed by atoms with Crippen molar-refractivity contribution < 1.29 is 19.5 Å². The molecule has 0 aliphatic carbocycles. The second-order valence-electron chi connectivity index (χ2n) is 2.55. The van der Waals surface area contributed by atoms with E-state index in [-0.39, 0.29) is 18.0 Å². The molecule has 4 heteroatoms. The summed E-state index contributed by atoms with van der Waals surface area (Å²) in [6.07, 6.45) is 2.48. The van der Waals surface area contributed by atoms with Gasteiger partial charge in [0.15, 0.2) is 0 Å². The number of carboxylic acids is 1. The highest BCUT2D eigenvalue weighted by Crippen LogP contribution is 1.83. The van der Waals surface area contributed by atoms with Crippen molar-refractivity contribution in [3.8, 4) is 0 Å². The largest absolute Gasteiger partial charge is 0.478 e. The number of aliphatic carboxylic acids is 1. The van der Waals surface area contributed by atoms with Gasteiger partial charge in [0.05, 0.1) is 0 Å². The van der Waals surface area contributed by atoms with E-state index in [0.29, 0.717) is 0 Å². The van der Waals surface area contributed by atoms with Crippen LogP contribution in [-0.4, -0.2) is 22.6 Å². The summed E-state index contributed by atoms with van der Waals surface area (Å²) in [7, 11) is 0. The van der Waals surface area contributed by atoms with Crippen LogP contribution in [0.15, 0.2) is 12.2 Å². The number of rotatable bonds is 3. The molecule has 74 valence electrons. The van der Waals surface area contributed by atoms with Gasteiger partial charge in [0, 0.05) is 12.5 Å². The van der Waals surface area contributed by atoms with E-state index < -0.39 is 5.97 Å². The third-order valence-electron chi connectivity index (χ3n) is 0.666. The number of Topliss-reactive ketones (excluding diaryl/α,β-unsaturated/α-hetero) is 2. The number of hydrogen-bond donors (Lipinski definition) is 1. The first-order valence-electron chi connectivity index (χ1n) is 3.72. The minimum atomic E-state index is -1.02. The highest BCUT2D eigenvalue weighted by Gasteiger charge is 1.87. The first-order chi connectivity index (χ1) is 5.86. The van der Waals surface area contributed by atoms with Crippen molar-refractivity contribution in [2.24, 2.45) is 0 Å². The molecular formula is C9H14O4. The molecule has 0 rings (SSSR count). The Bertz CT molecular complexity index is 212. The van der Waals surface area contributed by atoms with Crippen LogP contribution in [0.25, 0.3) is 0 Å². The molecule has 0 unspecified atom stereocenters. The topological polar surface area (TPSA) is 71.4 Å². The van der Waals surface area contributed by atoms with E-state index in [1.165, 1.54) is 26.8 Å². The van der Waals surface area contributed by atoms with Crippen LogP contribution in [0.1, 0.15) is 27.2 Å². The van der Waals surface area contributed by atoms with E-state index in [0.717, 1.165) is 6.08 Å². The van der Waals surface area contributed by atoms with Crippen LogP contribution in [-0.2, 0) is 14.4 Å². The van der Waals surface area contributed by atoms with Gasteiger partial charge >= 0.3 is 5.97 Å². The highest BCUT2D eigenvalue weighted by atomic mass is 16.4. The molecule has 13 heavy (non-hydrogen) atoms. The molecule has 0 aromatic heterocycles. The standard InChI is InChI=1S/C6H8O3.C3H6O/c1-5(7)3-2-4-6(8)9;1-3(2)4/h2,4H,3H2,1H3,(H,8,9);1-2H3. The second-order valence-corrected chi connectivity index (χ2v) is 2.55. The third kappa shape index (κ3) is 37.3. The molecule has 0 fully saturated rings. The van der Waals surface area contributed by atoms with Crippen molar-refractivity contribution in [1.29, 1.82) is 0 Å². The molecule has 4 nitrogen and oxygen atoms in total. The molecule has 0 aromatic carbocycles. The maximum atomic E-state index is 10.2. The molecule has 0 aromatic rings. The Balaban J connectivity index is 0. The van der Waals surface area contributed by atoms with Gasteiger partial charge in [-0.3, -0.25) is 4.79 Å². The summed E-state index contributed by atoms with van der Waals surface area (Å²) in [5.74, 6) is -0.885. The fourth-order valence-corrected chi connectivity index (χ4v) is 0.326. The van der Waals surface area contributed by atoms with Crippen LogP contribution in [0.3, 0.4) is 0 Å². The van der Waals surface area contributed by atoms with Gasteiger partial charge in [-0.05, 0) is 20.8 Å². The zero-order valence-electron chi connectivity index (χ0n) is 8.03. The van der Waals surface area contributed by atoms with Gasteiger partial charge in [-0.1, -0.05) is 6.08 Å². The first-order valence-corrected chi connectivity index (χ1v) is 3.72. The smallest absolute Gasteiger partial charge is 0.327 e. The van der Waals surface area contributed by atoms with E-state index in [4.69, 9.17) is 5.11 Å². The maximum absolute atomic E-state index is 10.2. The van der Waals surface area contributed by atoms with Gasteiger partial charge in [0.25, 0.3) is 0 Å². The lowest BCUT2D eigenvalue weighted by Crippen LogP contribution is -1.89. The van der Waals surface area contributed by atoms with Crippen molar-refractivity contribution in [2.75, 3.05) is 0 Å². The normalized spacial score (nSPS) is 8.85. The molecule has 0 heterocycles.